The van der Waals surface area contributed by atoms with E-state index in [9.17, 15) is 0 Å². The van der Waals surface area contributed by atoms with Crippen molar-refractivity contribution in [1.82, 2.24) is 5.53 Å². The number of hydrogen-bond acceptors (Lipinski definition) is 1. The van der Waals surface area contributed by atoms with Gasteiger partial charge in [0.05, 0.1) is 0 Å². The van der Waals surface area contributed by atoms with Crippen molar-refractivity contribution in [3.63, 3.8) is 0 Å². The van der Waals surface area contributed by atoms with Crippen molar-refractivity contribution in [1.29, 1.82) is 0 Å². The van der Waals surface area contributed by atoms with Crippen LogP contribution in [0.3, 0.4) is 0 Å². The first-order valence-electron chi connectivity index (χ1n) is 1.58. The molecule has 3 heteroatoms. The van der Waals surface area contributed by atoms with Crippen molar-refractivity contribution < 1.29 is 0 Å². The highest BCUT2D eigenvalue weighted by molar-refractivity contribution is 4.93. The third-order valence-corrected chi connectivity index (χ3v) is 0.465. The molecule has 1 saturated heterocycles. The van der Waals surface area contributed by atoms with E-state index >= 15 is 0 Å². The average molecular weight is 71.1 g/mol. The fourth-order valence-corrected chi connectivity index (χ4v) is 0.250. The number of rotatable bonds is 0. The van der Waals surface area contributed by atoms with Gasteiger partial charge in [-0.25, -0.2) is 0 Å². The third kappa shape index (κ3) is 0.576. The zero-order valence-corrected chi connectivity index (χ0v) is 2.81. The highest BCUT2D eigenvalue weighted by Crippen LogP contribution is 1.93. The lowest BCUT2D eigenvalue weighted by atomic mass is 10.7. The fourth-order valence-electron chi connectivity index (χ4n) is 0.250. The van der Waals surface area contributed by atoms with Crippen LogP contribution in [0.2, 0.25) is 0 Å². The van der Waals surface area contributed by atoms with Crippen LogP contribution in [0.1, 0.15) is 0 Å². The Morgan fingerprint density at radius 2 is 1.80 bits per heavy atom. The van der Waals surface area contributed by atoms with Crippen molar-refractivity contribution in [2.24, 2.45) is 0 Å². The maximum atomic E-state index is 3.67. The van der Waals surface area contributed by atoms with Crippen LogP contribution in [0.15, 0.2) is 0 Å². The molecule has 0 bridgehead atoms. The molecular weight excluding hydrogens is 66.0 g/mol. The van der Waals surface area contributed by atoms with Crippen molar-refractivity contribution in [3.05, 3.63) is 10.9 Å². The van der Waals surface area contributed by atoms with Crippen molar-refractivity contribution >= 4 is 0 Å². The van der Waals surface area contributed by atoms with Gasteiger partial charge >= 0.3 is 0 Å². The van der Waals surface area contributed by atoms with Crippen LogP contribution in [-0.2, 0) is 0 Å². The zero-order valence-electron chi connectivity index (χ0n) is 2.81. The minimum Gasteiger partial charge on any atom is -0.618 e. The summed E-state index contributed by atoms with van der Waals surface area (Å²) in [6.07, 6.45) is 0. The van der Waals surface area contributed by atoms with E-state index in [1.54, 1.807) is 0 Å². The van der Waals surface area contributed by atoms with Crippen molar-refractivity contribution in [3.8, 4) is 0 Å². The SMILES string of the molecule is C1C[N-]N[N-]1. The van der Waals surface area contributed by atoms with Gasteiger partial charge in [-0.15, -0.1) is 0 Å². The first kappa shape index (κ1) is 3.08. The lowest BCUT2D eigenvalue weighted by Crippen LogP contribution is -1.85. The van der Waals surface area contributed by atoms with Gasteiger partial charge in [-0.1, -0.05) is 0 Å². The van der Waals surface area contributed by atoms with E-state index in [1.807, 2.05) is 0 Å². The summed E-state index contributed by atoms with van der Waals surface area (Å²) in [5.74, 6) is 0. The van der Waals surface area contributed by atoms with Gasteiger partial charge in [0.1, 0.15) is 0 Å². The van der Waals surface area contributed by atoms with Crippen LogP contribution in [0, 0.1) is 0 Å². The molecule has 0 atom stereocenters. The summed E-state index contributed by atoms with van der Waals surface area (Å²) >= 11 is 0. The topological polar surface area (TPSA) is 40.2 Å². The first-order chi connectivity index (χ1) is 2.50. The second kappa shape index (κ2) is 1.35. The molecule has 1 heterocycles. The van der Waals surface area contributed by atoms with Gasteiger partial charge in [-0.05, 0) is 0 Å². The monoisotopic (exact) mass is 71.0 g/mol. The molecule has 5 heavy (non-hydrogen) atoms. The second-order valence-electron chi connectivity index (χ2n) is 0.863. The largest absolute Gasteiger partial charge is 0.618 e. The Balaban J connectivity index is 2.08. The van der Waals surface area contributed by atoms with Gasteiger partial charge in [-0.3, -0.25) is 0 Å². The molecule has 1 aliphatic heterocycles. The molecular formula is C2H5N3-2. The Morgan fingerprint density at radius 3 is 2.00 bits per heavy atom. The summed E-state index contributed by atoms with van der Waals surface area (Å²) < 4.78 is 0. The van der Waals surface area contributed by atoms with E-state index in [4.69, 9.17) is 0 Å². The molecule has 1 N–H and O–H groups in total. The molecule has 0 saturated carbocycles. The minimum absolute atomic E-state index is 0.847. The van der Waals surface area contributed by atoms with Gasteiger partial charge in [0, 0.05) is 0 Å². The lowest BCUT2D eigenvalue weighted by Gasteiger charge is -2.17. The Morgan fingerprint density at radius 1 is 1.20 bits per heavy atom. The fraction of sp³-hybridized carbons (Fsp3) is 1.00. The minimum atomic E-state index is 0.847. The van der Waals surface area contributed by atoms with Gasteiger partial charge in [0.2, 0.25) is 0 Å². The van der Waals surface area contributed by atoms with Crippen LogP contribution in [0.4, 0.5) is 0 Å². The smallest absolute Gasteiger partial charge is 0.159 e. The Bertz CT molecular complexity index is 16.5. The van der Waals surface area contributed by atoms with Crippen LogP contribution < -0.4 is 5.53 Å². The normalized spacial score (nSPS) is 24.0. The highest BCUT2D eigenvalue weighted by atomic mass is 15.6. The average Bonchev–Trinajstić information content (AvgIpc) is 1.76. The van der Waals surface area contributed by atoms with Crippen LogP contribution >= 0.6 is 0 Å². The lowest BCUT2D eigenvalue weighted by molar-refractivity contribution is 1.11. The second-order valence-corrected chi connectivity index (χ2v) is 0.863. The Hall–Kier alpha value is -0.120. The van der Waals surface area contributed by atoms with Gasteiger partial charge < -0.3 is 16.4 Å². The van der Waals surface area contributed by atoms with E-state index in [1.165, 1.54) is 0 Å². The van der Waals surface area contributed by atoms with Crippen LogP contribution in [-0.4, -0.2) is 13.1 Å². The molecule has 0 radical (unpaired) electrons. The van der Waals surface area contributed by atoms with Crippen molar-refractivity contribution in [2.75, 3.05) is 13.1 Å². The maximum Gasteiger partial charge on any atom is -0.159 e. The number of nitrogens with one attached hydrogen (secondary N) is 1. The standard InChI is InChI=1S/C2H5N3/c1-2-4-5-3-1/h5H,1-2H2/q-2. The predicted octanol–water partition coefficient (Wildman–Crippen LogP) is 0.167. The van der Waals surface area contributed by atoms with E-state index in [2.05, 4.69) is 16.4 Å². The van der Waals surface area contributed by atoms with Gasteiger partial charge in [0.15, 0.2) is 0 Å². The molecule has 1 rings (SSSR count). The Kier molecular flexibility index (Phi) is 0.834. The molecule has 3 nitrogen and oxygen atoms in total. The summed E-state index contributed by atoms with van der Waals surface area (Å²) in [5.41, 5.74) is 9.81. The number of nitrogens with zero attached hydrogens (tertiary/aromatic N) is 2. The molecule has 0 aromatic carbocycles. The summed E-state index contributed by atoms with van der Waals surface area (Å²) in [6, 6.07) is 0. The van der Waals surface area contributed by atoms with Gasteiger partial charge in [-0.2, -0.15) is 13.1 Å². The highest BCUT2D eigenvalue weighted by Gasteiger charge is 1.61. The molecule has 0 aromatic heterocycles. The predicted molar refractivity (Wildman–Crippen MR) is 19.6 cm³/mol. The molecule has 0 amide bonds. The van der Waals surface area contributed by atoms with Crippen LogP contribution in [0.5, 0.6) is 0 Å². The van der Waals surface area contributed by atoms with Gasteiger partial charge in [0.25, 0.3) is 0 Å². The van der Waals surface area contributed by atoms with Crippen molar-refractivity contribution in [2.45, 2.75) is 0 Å². The molecule has 0 aromatic rings. The molecule has 30 valence electrons. The zero-order chi connectivity index (χ0) is 3.54. The summed E-state index contributed by atoms with van der Waals surface area (Å²) in [5, 5.41) is 0. The summed E-state index contributed by atoms with van der Waals surface area (Å²) in [6.45, 7) is 1.69. The van der Waals surface area contributed by atoms with Crippen LogP contribution in [0.25, 0.3) is 10.9 Å². The molecule has 0 unspecified atom stereocenters. The third-order valence-electron chi connectivity index (χ3n) is 0.465. The van der Waals surface area contributed by atoms with E-state index in [0.717, 1.165) is 13.1 Å². The van der Waals surface area contributed by atoms with E-state index in [-0.39, 0.29) is 0 Å². The van der Waals surface area contributed by atoms with E-state index < -0.39 is 0 Å². The maximum absolute atomic E-state index is 3.67. The molecule has 0 aliphatic carbocycles. The van der Waals surface area contributed by atoms with E-state index in [0.29, 0.717) is 0 Å². The number of hydrogen-bond donors (Lipinski definition) is 1. The Labute approximate surface area is 30.7 Å². The summed E-state index contributed by atoms with van der Waals surface area (Å²) in [7, 11) is 0. The molecule has 0 spiro atoms. The summed E-state index contributed by atoms with van der Waals surface area (Å²) in [4.78, 5) is 0. The first-order valence-corrected chi connectivity index (χ1v) is 1.58. The molecule has 1 aliphatic rings. The quantitative estimate of drug-likeness (QED) is 0.434. The molecule has 1 fully saturated rings.